The summed E-state index contributed by atoms with van der Waals surface area (Å²) in [6.07, 6.45) is 2.54. The third-order valence-electron chi connectivity index (χ3n) is 2.71. The van der Waals surface area contributed by atoms with Crippen LogP contribution in [0.4, 0.5) is 0 Å². The first kappa shape index (κ1) is 12.8. The predicted octanol–water partition coefficient (Wildman–Crippen LogP) is 4.57. The molecule has 0 saturated heterocycles. The van der Waals surface area contributed by atoms with Gasteiger partial charge in [-0.25, -0.2) is 0 Å². The third-order valence-corrected chi connectivity index (χ3v) is 4.43. The molecule has 1 aromatic heterocycles. The van der Waals surface area contributed by atoms with Gasteiger partial charge in [-0.3, -0.25) is 0 Å². The second kappa shape index (κ2) is 6.34. The Bertz CT molecular complexity index is 452. The molecular weight excluding hydrogens is 296 g/mol. The lowest BCUT2D eigenvalue weighted by Gasteiger charge is -2.08. The van der Waals surface area contributed by atoms with Gasteiger partial charge in [0.1, 0.15) is 0 Å². The van der Waals surface area contributed by atoms with Gasteiger partial charge < -0.3 is 5.11 Å². The molecule has 0 saturated carbocycles. The molecule has 1 atom stereocenters. The van der Waals surface area contributed by atoms with Gasteiger partial charge in [-0.05, 0) is 52.9 Å². The van der Waals surface area contributed by atoms with E-state index >= 15 is 0 Å². The lowest BCUT2D eigenvalue weighted by Crippen LogP contribution is -1.95. The lowest BCUT2D eigenvalue weighted by molar-refractivity contribution is 0.168. The van der Waals surface area contributed by atoms with E-state index in [2.05, 4.69) is 40.2 Å². The number of benzene rings is 1. The van der Waals surface area contributed by atoms with Crippen molar-refractivity contribution < 1.29 is 5.11 Å². The van der Waals surface area contributed by atoms with E-state index in [1.807, 2.05) is 18.2 Å². The van der Waals surface area contributed by atoms with Crippen LogP contribution in [0.2, 0.25) is 0 Å². The van der Waals surface area contributed by atoms with Crippen molar-refractivity contribution in [2.75, 3.05) is 0 Å². The number of aliphatic hydroxyl groups excluding tert-OH is 1. The number of hydrogen-bond donors (Lipinski definition) is 1. The summed E-state index contributed by atoms with van der Waals surface area (Å²) < 4.78 is 1.08. The normalized spacial score (nSPS) is 12.6. The minimum Gasteiger partial charge on any atom is -0.388 e. The number of aliphatic hydroxyl groups is 1. The highest BCUT2D eigenvalue weighted by molar-refractivity contribution is 9.11. The average Bonchev–Trinajstić information content (AvgIpc) is 2.77. The van der Waals surface area contributed by atoms with E-state index in [4.69, 9.17) is 0 Å². The quantitative estimate of drug-likeness (QED) is 0.858. The predicted molar refractivity (Wildman–Crippen MR) is 76.4 cm³/mol. The van der Waals surface area contributed by atoms with E-state index < -0.39 is 0 Å². The van der Waals surface area contributed by atoms with E-state index in [9.17, 15) is 5.11 Å². The van der Waals surface area contributed by atoms with E-state index in [0.717, 1.165) is 27.9 Å². The van der Waals surface area contributed by atoms with Gasteiger partial charge in [0.2, 0.25) is 0 Å². The van der Waals surface area contributed by atoms with Crippen LogP contribution in [0.1, 0.15) is 29.4 Å². The maximum atomic E-state index is 10.0. The fourth-order valence-corrected chi connectivity index (χ4v) is 3.24. The molecule has 1 N–H and O–H groups in total. The molecule has 2 aromatic rings. The van der Waals surface area contributed by atoms with Crippen molar-refractivity contribution in [1.82, 2.24) is 0 Å². The molecule has 1 heterocycles. The topological polar surface area (TPSA) is 20.2 Å². The van der Waals surface area contributed by atoms with Crippen LogP contribution in [-0.2, 0) is 6.42 Å². The molecular formula is C14H15BrOS. The zero-order valence-corrected chi connectivity index (χ0v) is 11.9. The van der Waals surface area contributed by atoms with Gasteiger partial charge in [-0.15, -0.1) is 11.3 Å². The first-order valence-electron chi connectivity index (χ1n) is 5.73. The summed E-state index contributed by atoms with van der Waals surface area (Å²) in [5.41, 5.74) is 1.34. The second-order valence-electron chi connectivity index (χ2n) is 4.04. The van der Waals surface area contributed by atoms with Crippen LogP contribution >= 0.6 is 27.3 Å². The fraction of sp³-hybridized carbons (Fsp3) is 0.286. The molecule has 0 aliphatic rings. The standard InChI is InChI=1S/C14H15BrOS/c15-14-10-9-13(17-14)12(16)8-4-7-11-5-2-1-3-6-11/h1-3,5-6,9-10,12,16H,4,7-8H2. The summed E-state index contributed by atoms with van der Waals surface area (Å²) in [5, 5.41) is 10.0. The van der Waals surface area contributed by atoms with Crippen molar-refractivity contribution in [2.24, 2.45) is 0 Å². The van der Waals surface area contributed by atoms with Crippen LogP contribution in [0.5, 0.6) is 0 Å². The molecule has 1 nitrogen and oxygen atoms in total. The van der Waals surface area contributed by atoms with Crippen LogP contribution in [0.3, 0.4) is 0 Å². The van der Waals surface area contributed by atoms with E-state index in [0.29, 0.717) is 0 Å². The number of hydrogen-bond acceptors (Lipinski definition) is 2. The minimum atomic E-state index is -0.324. The second-order valence-corrected chi connectivity index (χ2v) is 6.53. The average molecular weight is 311 g/mol. The molecule has 0 aliphatic carbocycles. The molecule has 1 unspecified atom stereocenters. The number of aryl methyl sites for hydroxylation is 1. The molecule has 0 spiro atoms. The fourth-order valence-electron chi connectivity index (χ4n) is 1.79. The van der Waals surface area contributed by atoms with Crippen LogP contribution < -0.4 is 0 Å². The third kappa shape index (κ3) is 3.95. The molecule has 0 fully saturated rings. The Morgan fingerprint density at radius 1 is 1.12 bits per heavy atom. The van der Waals surface area contributed by atoms with Gasteiger partial charge in [0.15, 0.2) is 0 Å². The van der Waals surface area contributed by atoms with E-state index in [-0.39, 0.29) is 6.10 Å². The Hall–Kier alpha value is -0.640. The van der Waals surface area contributed by atoms with Gasteiger partial charge in [0, 0.05) is 4.88 Å². The summed E-state index contributed by atoms with van der Waals surface area (Å²) in [4.78, 5) is 1.05. The molecule has 0 bridgehead atoms. The molecule has 3 heteroatoms. The highest BCUT2D eigenvalue weighted by atomic mass is 79.9. The Kier molecular flexibility index (Phi) is 4.77. The first-order chi connectivity index (χ1) is 8.25. The maximum Gasteiger partial charge on any atom is 0.0882 e. The van der Waals surface area contributed by atoms with Crippen molar-refractivity contribution in [3.63, 3.8) is 0 Å². The van der Waals surface area contributed by atoms with Crippen molar-refractivity contribution in [3.05, 3.63) is 56.7 Å². The maximum absolute atomic E-state index is 10.0. The number of rotatable bonds is 5. The monoisotopic (exact) mass is 310 g/mol. The Morgan fingerprint density at radius 2 is 1.88 bits per heavy atom. The highest BCUT2D eigenvalue weighted by Crippen LogP contribution is 2.29. The van der Waals surface area contributed by atoms with E-state index in [1.165, 1.54) is 5.56 Å². The zero-order valence-electron chi connectivity index (χ0n) is 9.47. The summed E-state index contributed by atoms with van der Waals surface area (Å²) in [7, 11) is 0. The van der Waals surface area contributed by atoms with Crippen LogP contribution in [0, 0.1) is 0 Å². The molecule has 17 heavy (non-hydrogen) atoms. The summed E-state index contributed by atoms with van der Waals surface area (Å²) in [5.74, 6) is 0. The van der Waals surface area contributed by atoms with Crippen LogP contribution in [-0.4, -0.2) is 5.11 Å². The molecule has 0 aliphatic heterocycles. The minimum absolute atomic E-state index is 0.324. The SMILES string of the molecule is OC(CCCc1ccccc1)c1ccc(Br)s1. The summed E-state index contributed by atoms with van der Waals surface area (Å²) in [6, 6.07) is 14.4. The van der Waals surface area contributed by atoms with Crippen molar-refractivity contribution in [2.45, 2.75) is 25.4 Å². The molecule has 2 rings (SSSR count). The van der Waals surface area contributed by atoms with Crippen LogP contribution in [0.25, 0.3) is 0 Å². The Morgan fingerprint density at radius 3 is 2.53 bits per heavy atom. The zero-order chi connectivity index (χ0) is 12.1. The van der Waals surface area contributed by atoms with E-state index in [1.54, 1.807) is 11.3 Å². The van der Waals surface area contributed by atoms with Gasteiger partial charge >= 0.3 is 0 Å². The first-order valence-corrected chi connectivity index (χ1v) is 7.34. The highest BCUT2D eigenvalue weighted by Gasteiger charge is 2.09. The van der Waals surface area contributed by atoms with Crippen molar-refractivity contribution >= 4 is 27.3 Å². The van der Waals surface area contributed by atoms with Gasteiger partial charge in [-0.1, -0.05) is 30.3 Å². The number of thiophene rings is 1. The lowest BCUT2D eigenvalue weighted by atomic mass is 10.1. The van der Waals surface area contributed by atoms with Crippen molar-refractivity contribution in [3.8, 4) is 0 Å². The Labute approximate surface area is 114 Å². The molecule has 0 radical (unpaired) electrons. The van der Waals surface area contributed by atoms with Crippen molar-refractivity contribution in [1.29, 1.82) is 0 Å². The van der Waals surface area contributed by atoms with Gasteiger partial charge in [-0.2, -0.15) is 0 Å². The van der Waals surface area contributed by atoms with Crippen LogP contribution in [0.15, 0.2) is 46.3 Å². The molecule has 90 valence electrons. The Balaban J connectivity index is 1.79. The van der Waals surface area contributed by atoms with Gasteiger partial charge in [0.25, 0.3) is 0 Å². The molecule has 1 aromatic carbocycles. The number of halogens is 1. The van der Waals surface area contributed by atoms with Gasteiger partial charge in [0.05, 0.1) is 9.89 Å². The smallest absolute Gasteiger partial charge is 0.0882 e. The molecule has 0 amide bonds. The summed E-state index contributed by atoms with van der Waals surface area (Å²) >= 11 is 5.02. The summed E-state index contributed by atoms with van der Waals surface area (Å²) in [6.45, 7) is 0. The largest absolute Gasteiger partial charge is 0.388 e.